The van der Waals surface area contributed by atoms with Gasteiger partial charge in [-0.15, -0.1) is 0 Å². The van der Waals surface area contributed by atoms with Crippen molar-refractivity contribution in [1.82, 2.24) is 9.97 Å². The smallest absolute Gasteiger partial charge is 0.148 e. The molecule has 0 fully saturated rings. The lowest BCUT2D eigenvalue weighted by atomic mass is 9.89. The molecule has 0 aliphatic heterocycles. The highest BCUT2D eigenvalue weighted by Crippen LogP contribution is 2.32. The van der Waals surface area contributed by atoms with Crippen LogP contribution in [0.1, 0.15) is 65.4 Å². The third-order valence-corrected chi connectivity index (χ3v) is 4.01. The van der Waals surface area contributed by atoms with Crippen molar-refractivity contribution in [3.8, 4) is 0 Å². The third-order valence-electron chi connectivity index (χ3n) is 4.01. The predicted molar refractivity (Wildman–Crippen MR) is 81.2 cm³/mol. The average Bonchev–Trinajstić information content (AvgIpc) is 2.44. The fourth-order valence-electron chi connectivity index (χ4n) is 2.42. The van der Waals surface area contributed by atoms with Crippen molar-refractivity contribution in [2.45, 2.75) is 65.3 Å². The molecule has 0 spiro atoms. The molecular weight excluding hydrogens is 238 g/mol. The quantitative estimate of drug-likeness (QED) is 0.521. The Balaban J connectivity index is 3.20. The maximum absolute atomic E-state index is 5.55. The number of rotatable bonds is 7. The molecule has 0 atom stereocenters. The minimum absolute atomic E-state index is 0.0872. The zero-order chi connectivity index (χ0) is 14.5. The Bertz CT molecular complexity index is 391. The van der Waals surface area contributed by atoms with Gasteiger partial charge in [0.1, 0.15) is 18.0 Å². The Kier molecular flexibility index (Phi) is 5.54. The van der Waals surface area contributed by atoms with Crippen LogP contribution in [0.15, 0.2) is 6.33 Å². The van der Waals surface area contributed by atoms with Gasteiger partial charge in [0, 0.05) is 11.1 Å². The number of nitrogens with one attached hydrogen (secondary N) is 2. The summed E-state index contributed by atoms with van der Waals surface area (Å²) in [6.45, 7) is 10.9. The van der Waals surface area contributed by atoms with Crippen LogP contribution in [0, 0.1) is 0 Å². The second-order valence-corrected chi connectivity index (χ2v) is 5.25. The molecule has 0 aliphatic carbocycles. The van der Waals surface area contributed by atoms with E-state index in [9.17, 15) is 0 Å². The monoisotopic (exact) mass is 265 g/mol. The standard InChI is InChI=1S/C14H27N5/c1-6-14(7-2,8-3)18-12-11(10(4)5)13(19-15)17-9-16-12/h9-10H,6-8,15H2,1-5H3,(H2,16,17,18,19). The summed E-state index contributed by atoms with van der Waals surface area (Å²) in [4.78, 5) is 8.62. The molecule has 1 aromatic rings. The van der Waals surface area contributed by atoms with Crippen LogP contribution in [0.5, 0.6) is 0 Å². The van der Waals surface area contributed by atoms with Crippen LogP contribution in [-0.4, -0.2) is 15.5 Å². The summed E-state index contributed by atoms with van der Waals surface area (Å²) in [5.41, 5.74) is 3.80. The van der Waals surface area contributed by atoms with E-state index in [0.29, 0.717) is 11.7 Å². The normalized spacial score (nSPS) is 11.7. The highest BCUT2D eigenvalue weighted by Gasteiger charge is 2.26. The highest BCUT2D eigenvalue weighted by molar-refractivity contribution is 5.59. The number of nitrogens with zero attached hydrogens (tertiary/aromatic N) is 2. The van der Waals surface area contributed by atoms with E-state index in [4.69, 9.17) is 5.84 Å². The van der Waals surface area contributed by atoms with Crippen LogP contribution >= 0.6 is 0 Å². The van der Waals surface area contributed by atoms with Gasteiger partial charge in [-0.25, -0.2) is 15.8 Å². The number of anilines is 2. The van der Waals surface area contributed by atoms with Gasteiger partial charge < -0.3 is 10.7 Å². The first-order valence-corrected chi connectivity index (χ1v) is 7.13. The molecule has 0 aromatic carbocycles. The molecule has 19 heavy (non-hydrogen) atoms. The topological polar surface area (TPSA) is 75.9 Å². The largest absolute Gasteiger partial charge is 0.364 e. The third kappa shape index (κ3) is 3.35. The summed E-state index contributed by atoms with van der Waals surface area (Å²) in [7, 11) is 0. The lowest BCUT2D eigenvalue weighted by molar-refractivity contribution is 0.418. The summed E-state index contributed by atoms with van der Waals surface area (Å²) in [5.74, 6) is 7.45. The first kappa shape index (κ1) is 15.7. The lowest BCUT2D eigenvalue weighted by Crippen LogP contribution is -2.37. The van der Waals surface area contributed by atoms with E-state index in [1.165, 1.54) is 0 Å². The Morgan fingerprint density at radius 3 is 2.05 bits per heavy atom. The highest BCUT2D eigenvalue weighted by atomic mass is 15.3. The van der Waals surface area contributed by atoms with E-state index in [0.717, 1.165) is 30.6 Å². The lowest BCUT2D eigenvalue weighted by Gasteiger charge is -2.33. The van der Waals surface area contributed by atoms with Crippen LogP contribution in [0.2, 0.25) is 0 Å². The summed E-state index contributed by atoms with van der Waals surface area (Å²) >= 11 is 0. The molecule has 0 saturated heterocycles. The van der Waals surface area contributed by atoms with Gasteiger partial charge in [0.05, 0.1) is 0 Å². The van der Waals surface area contributed by atoms with E-state index in [2.05, 4.69) is 55.3 Å². The number of hydrogen-bond acceptors (Lipinski definition) is 5. The Hall–Kier alpha value is -1.36. The Morgan fingerprint density at radius 2 is 1.63 bits per heavy atom. The maximum Gasteiger partial charge on any atom is 0.148 e. The minimum atomic E-state index is 0.0872. The Morgan fingerprint density at radius 1 is 1.11 bits per heavy atom. The van der Waals surface area contributed by atoms with Crippen LogP contribution in [0.4, 0.5) is 11.6 Å². The molecule has 1 heterocycles. The minimum Gasteiger partial charge on any atom is -0.364 e. The fraction of sp³-hybridized carbons (Fsp3) is 0.714. The summed E-state index contributed by atoms with van der Waals surface area (Å²) in [6, 6.07) is 0. The SMILES string of the molecule is CCC(CC)(CC)Nc1ncnc(NN)c1C(C)C. The second-order valence-electron chi connectivity index (χ2n) is 5.25. The van der Waals surface area contributed by atoms with E-state index in [1.54, 1.807) is 6.33 Å². The van der Waals surface area contributed by atoms with Crippen molar-refractivity contribution in [3.05, 3.63) is 11.9 Å². The molecule has 1 aromatic heterocycles. The van der Waals surface area contributed by atoms with E-state index >= 15 is 0 Å². The van der Waals surface area contributed by atoms with Gasteiger partial charge >= 0.3 is 0 Å². The molecule has 108 valence electrons. The number of hydrogen-bond donors (Lipinski definition) is 3. The van der Waals surface area contributed by atoms with E-state index < -0.39 is 0 Å². The van der Waals surface area contributed by atoms with Gasteiger partial charge in [0.25, 0.3) is 0 Å². The fourth-order valence-corrected chi connectivity index (χ4v) is 2.42. The summed E-state index contributed by atoms with van der Waals surface area (Å²) in [6.07, 6.45) is 4.74. The zero-order valence-electron chi connectivity index (χ0n) is 12.7. The van der Waals surface area contributed by atoms with Crippen LogP contribution in [0.25, 0.3) is 0 Å². The average molecular weight is 265 g/mol. The van der Waals surface area contributed by atoms with Crippen LogP contribution in [0.3, 0.4) is 0 Å². The van der Waals surface area contributed by atoms with Gasteiger partial charge in [0.2, 0.25) is 0 Å². The molecule has 0 aliphatic rings. The van der Waals surface area contributed by atoms with Gasteiger partial charge in [-0.1, -0.05) is 34.6 Å². The van der Waals surface area contributed by atoms with Gasteiger partial charge in [0.15, 0.2) is 0 Å². The van der Waals surface area contributed by atoms with E-state index in [1.807, 2.05) is 0 Å². The van der Waals surface area contributed by atoms with Crippen molar-refractivity contribution in [2.24, 2.45) is 5.84 Å². The first-order chi connectivity index (χ1) is 9.03. The molecular formula is C14H27N5. The summed E-state index contributed by atoms with van der Waals surface area (Å²) < 4.78 is 0. The molecule has 0 amide bonds. The second kappa shape index (κ2) is 6.70. The van der Waals surface area contributed by atoms with Crippen molar-refractivity contribution >= 4 is 11.6 Å². The number of aromatic nitrogens is 2. The zero-order valence-corrected chi connectivity index (χ0v) is 12.7. The van der Waals surface area contributed by atoms with Crippen molar-refractivity contribution < 1.29 is 0 Å². The number of nitrogens with two attached hydrogens (primary N) is 1. The molecule has 0 saturated carbocycles. The predicted octanol–water partition coefficient (Wildman–Crippen LogP) is 3.27. The molecule has 0 unspecified atom stereocenters. The van der Waals surface area contributed by atoms with Gasteiger partial charge in [-0.05, 0) is 25.2 Å². The molecule has 1 rings (SSSR count). The molecule has 0 bridgehead atoms. The Labute approximate surface area is 116 Å². The molecule has 5 nitrogen and oxygen atoms in total. The molecule has 5 heteroatoms. The van der Waals surface area contributed by atoms with Gasteiger partial charge in [-0.2, -0.15) is 0 Å². The number of hydrazine groups is 1. The first-order valence-electron chi connectivity index (χ1n) is 7.13. The molecule has 0 radical (unpaired) electrons. The van der Waals surface area contributed by atoms with Gasteiger partial charge in [-0.3, -0.25) is 0 Å². The van der Waals surface area contributed by atoms with Crippen molar-refractivity contribution in [2.75, 3.05) is 10.7 Å². The van der Waals surface area contributed by atoms with Crippen molar-refractivity contribution in [3.63, 3.8) is 0 Å². The van der Waals surface area contributed by atoms with Crippen molar-refractivity contribution in [1.29, 1.82) is 0 Å². The van der Waals surface area contributed by atoms with Crippen LogP contribution < -0.4 is 16.6 Å². The van der Waals surface area contributed by atoms with Crippen LogP contribution in [-0.2, 0) is 0 Å². The summed E-state index contributed by atoms with van der Waals surface area (Å²) in [5, 5.41) is 3.62. The number of nitrogen functional groups attached to an aromatic ring is 1. The molecule has 4 N–H and O–H groups in total. The van der Waals surface area contributed by atoms with E-state index in [-0.39, 0.29) is 5.54 Å². The maximum atomic E-state index is 5.55.